The van der Waals surface area contributed by atoms with Gasteiger partial charge < -0.3 is 5.73 Å². The number of thioether (sulfide) groups is 1. The minimum atomic E-state index is -0.269. The second-order valence-electron chi connectivity index (χ2n) is 3.41. The van der Waals surface area contributed by atoms with Crippen LogP contribution in [0.25, 0.3) is 0 Å². The summed E-state index contributed by atoms with van der Waals surface area (Å²) < 4.78 is 14.4. The lowest BCUT2D eigenvalue weighted by Crippen LogP contribution is -1.96. The van der Waals surface area contributed by atoms with E-state index in [0.717, 1.165) is 9.50 Å². The Balaban J connectivity index is 2.10. The zero-order valence-corrected chi connectivity index (χ0v) is 11.3. The molecule has 1 aromatic heterocycles. The van der Waals surface area contributed by atoms with Gasteiger partial charge in [-0.2, -0.15) is 0 Å². The van der Waals surface area contributed by atoms with E-state index in [1.807, 2.05) is 12.1 Å². The Labute approximate surface area is 112 Å². The molecule has 0 saturated heterocycles. The number of aromatic nitrogens is 1. The van der Waals surface area contributed by atoms with E-state index in [1.54, 1.807) is 18.3 Å². The van der Waals surface area contributed by atoms with Gasteiger partial charge in [0.15, 0.2) is 0 Å². The van der Waals surface area contributed by atoms with E-state index in [0.29, 0.717) is 17.0 Å². The summed E-state index contributed by atoms with van der Waals surface area (Å²) in [4.78, 5) is 4.21. The number of hydrogen-bond donors (Lipinski definition) is 1. The first kappa shape index (κ1) is 12.4. The molecule has 0 aliphatic rings. The average Bonchev–Trinajstić information content (AvgIpc) is 2.31. The van der Waals surface area contributed by atoms with Crippen LogP contribution in [-0.4, -0.2) is 4.98 Å². The van der Waals surface area contributed by atoms with Gasteiger partial charge >= 0.3 is 0 Å². The molecule has 2 aromatic rings. The molecule has 0 unspecified atom stereocenters. The maximum atomic E-state index is 13.5. The average molecular weight is 313 g/mol. The normalized spacial score (nSPS) is 10.5. The SMILES string of the molecule is Nc1cccc(F)c1CSc1ccc(Br)cn1. The number of hydrogen-bond acceptors (Lipinski definition) is 3. The molecule has 0 atom stereocenters. The van der Waals surface area contributed by atoms with Gasteiger partial charge in [0.25, 0.3) is 0 Å². The molecule has 0 amide bonds. The molecule has 2 N–H and O–H groups in total. The molecule has 0 aliphatic carbocycles. The van der Waals surface area contributed by atoms with Crippen molar-refractivity contribution in [1.82, 2.24) is 4.98 Å². The summed E-state index contributed by atoms with van der Waals surface area (Å²) in [5, 5.41) is 0.843. The quantitative estimate of drug-likeness (QED) is 0.691. The molecule has 2 rings (SSSR count). The third kappa shape index (κ3) is 3.20. The number of rotatable bonds is 3. The number of halogens is 2. The van der Waals surface area contributed by atoms with Gasteiger partial charge in [0.2, 0.25) is 0 Å². The van der Waals surface area contributed by atoms with E-state index < -0.39 is 0 Å². The third-order valence-electron chi connectivity index (χ3n) is 2.22. The predicted octanol–water partition coefficient (Wildman–Crippen LogP) is 3.86. The van der Waals surface area contributed by atoms with Crippen molar-refractivity contribution < 1.29 is 4.39 Å². The maximum Gasteiger partial charge on any atom is 0.129 e. The van der Waals surface area contributed by atoms with Crippen LogP contribution in [-0.2, 0) is 5.75 Å². The van der Waals surface area contributed by atoms with Gasteiger partial charge in [-0.15, -0.1) is 11.8 Å². The summed E-state index contributed by atoms with van der Waals surface area (Å²) in [5.41, 5.74) is 6.74. The zero-order chi connectivity index (χ0) is 12.3. The lowest BCUT2D eigenvalue weighted by atomic mass is 10.2. The molecular weight excluding hydrogens is 303 g/mol. The molecule has 0 saturated carbocycles. The van der Waals surface area contributed by atoms with Crippen molar-refractivity contribution >= 4 is 33.4 Å². The summed E-state index contributed by atoms with van der Waals surface area (Å²) >= 11 is 4.77. The van der Waals surface area contributed by atoms with E-state index in [2.05, 4.69) is 20.9 Å². The molecule has 2 nitrogen and oxygen atoms in total. The number of pyridine rings is 1. The summed E-state index contributed by atoms with van der Waals surface area (Å²) in [5.74, 6) is 0.210. The van der Waals surface area contributed by atoms with Gasteiger partial charge in [0.05, 0.1) is 5.03 Å². The summed E-state index contributed by atoms with van der Waals surface area (Å²) in [6, 6.07) is 8.51. The molecule has 0 spiro atoms. The first-order valence-electron chi connectivity index (χ1n) is 4.94. The smallest absolute Gasteiger partial charge is 0.129 e. The number of nitrogens with zero attached hydrogens (tertiary/aromatic N) is 1. The Bertz CT molecular complexity index is 496. The molecule has 1 heterocycles. The molecule has 0 aliphatic heterocycles. The molecule has 0 radical (unpaired) electrons. The Morgan fingerprint density at radius 1 is 1.29 bits per heavy atom. The van der Waals surface area contributed by atoms with Gasteiger partial charge in [-0.25, -0.2) is 9.37 Å². The molecule has 1 aromatic carbocycles. The number of nitrogen functional groups attached to an aromatic ring is 1. The molecular formula is C12H10BrFN2S. The molecule has 0 bridgehead atoms. The van der Waals surface area contributed by atoms with Gasteiger partial charge in [-0.1, -0.05) is 6.07 Å². The van der Waals surface area contributed by atoms with Crippen LogP contribution in [0.2, 0.25) is 0 Å². The van der Waals surface area contributed by atoms with Crippen LogP contribution >= 0.6 is 27.7 Å². The van der Waals surface area contributed by atoms with Crippen LogP contribution in [0.1, 0.15) is 5.56 Å². The second kappa shape index (κ2) is 5.51. The van der Waals surface area contributed by atoms with Crippen LogP contribution in [0.3, 0.4) is 0 Å². The van der Waals surface area contributed by atoms with Crippen LogP contribution in [0.15, 0.2) is 46.0 Å². The molecule has 0 fully saturated rings. The van der Waals surface area contributed by atoms with Crippen LogP contribution in [0, 0.1) is 5.82 Å². The highest BCUT2D eigenvalue weighted by molar-refractivity contribution is 9.10. The number of anilines is 1. The fraction of sp³-hybridized carbons (Fsp3) is 0.0833. The highest BCUT2D eigenvalue weighted by Crippen LogP contribution is 2.26. The van der Waals surface area contributed by atoms with E-state index in [-0.39, 0.29) is 5.82 Å². The fourth-order valence-electron chi connectivity index (χ4n) is 1.32. The van der Waals surface area contributed by atoms with Gasteiger partial charge in [-0.3, -0.25) is 0 Å². The van der Waals surface area contributed by atoms with Crippen molar-refractivity contribution in [3.05, 3.63) is 52.4 Å². The van der Waals surface area contributed by atoms with Crippen molar-refractivity contribution in [1.29, 1.82) is 0 Å². The summed E-state index contributed by atoms with van der Waals surface area (Å²) in [6.45, 7) is 0. The molecule has 88 valence electrons. The largest absolute Gasteiger partial charge is 0.398 e. The maximum absolute atomic E-state index is 13.5. The fourth-order valence-corrected chi connectivity index (χ4v) is 2.44. The van der Waals surface area contributed by atoms with E-state index >= 15 is 0 Å². The first-order chi connectivity index (χ1) is 8.16. The summed E-state index contributed by atoms with van der Waals surface area (Å²) in [7, 11) is 0. The lowest BCUT2D eigenvalue weighted by Gasteiger charge is -2.06. The van der Waals surface area contributed by atoms with Crippen LogP contribution in [0.5, 0.6) is 0 Å². The zero-order valence-electron chi connectivity index (χ0n) is 8.86. The van der Waals surface area contributed by atoms with E-state index in [9.17, 15) is 4.39 Å². The molecule has 5 heteroatoms. The minimum absolute atomic E-state index is 0.269. The monoisotopic (exact) mass is 312 g/mol. The Kier molecular flexibility index (Phi) is 4.02. The van der Waals surface area contributed by atoms with E-state index in [1.165, 1.54) is 17.8 Å². The Morgan fingerprint density at radius 2 is 2.12 bits per heavy atom. The summed E-state index contributed by atoms with van der Waals surface area (Å²) in [6.07, 6.45) is 1.72. The van der Waals surface area contributed by atoms with Gasteiger partial charge in [0, 0.05) is 27.7 Å². The third-order valence-corrected chi connectivity index (χ3v) is 3.66. The van der Waals surface area contributed by atoms with E-state index in [4.69, 9.17) is 5.73 Å². The lowest BCUT2D eigenvalue weighted by molar-refractivity contribution is 0.618. The minimum Gasteiger partial charge on any atom is -0.398 e. The van der Waals surface area contributed by atoms with Gasteiger partial charge in [0.1, 0.15) is 5.82 Å². The topological polar surface area (TPSA) is 38.9 Å². The Morgan fingerprint density at radius 3 is 2.76 bits per heavy atom. The van der Waals surface area contributed by atoms with Crippen molar-refractivity contribution in [2.24, 2.45) is 0 Å². The van der Waals surface area contributed by atoms with Crippen molar-refractivity contribution in [3.8, 4) is 0 Å². The highest BCUT2D eigenvalue weighted by Gasteiger charge is 2.06. The molecule has 17 heavy (non-hydrogen) atoms. The van der Waals surface area contributed by atoms with Crippen LogP contribution < -0.4 is 5.73 Å². The second-order valence-corrected chi connectivity index (χ2v) is 5.32. The van der Waals surface area contributed by atoms with Crippen molar-refractivity contribution in [2.75, 3.05) is 5.73 Å². The number of benzene rings is 1. The standard InChI is InChI=1S/C12H10BrFN2S/c13-8-4-5-12(16-6-8)17-7-9-10(14)2-1-3-11(9)15/h1-6H,7,15H2. The highest BCUT2D eigenvalue weighted by atomic mass is 79.9. The van der Waals surface area contributed by atoms with Crippen LogP contribution in [0.4, 0.5) is 10.1 Å². The number of nitrogens with two attached hydrogens (primary N) is 1. The van der Waals surface area contributed by atoms with Crippen molar-refractivity contribution in [2.45, 2.75) is 10.8 Å². The Hall–Kier alpha value is -1.07. The predicted molar refractivity (Wildman–Crippen MR) is 72.3 cm³/mol. The van der Waals surface area contributed by atoms with Gasteiger partial charge in [-0.05, 0) is 40.2 Å². The first-order valence-corrected chi connectivity index (χ1v) is 6.72. The van der Waals surface area contributed by atoms with Crippen molar-refractivity contribution in [3.63, 3.8) is 0 Å².